The summed E-state index contributed by atoms with van der Waals surface area (Å²) < 4.78 is 0. The molecule has 0 spiro atoms. The minimum absolute atomic E-state index is 0.0619. The maximum absolute atomic E-state index is 12.4. The molecule has 27 heavy (non-hydrogen) atoms. The van der Waals surface area contributed by atoms with Crippen molar-refractivity contribution in [1.29, 1.82) is 0 Å². The minimum atomic E-state index is -0.188. The number of anilines is 2. The molecule has 5 nitrogen and oxygen atoms in total. The van der Waals surface area contributed by atoms with E-state index < -0.39 is 0 Å². The van der Waals surface area contributed by atoms with E-state index in [0.717, 1.165) is 24.2 Å². The molecule has 3 rings (SSSR count). The fourth-order valence-corrected chi connectivity index (χ4v) is 3.33. The lowest BCUT2D eigenvalue weighted by molar-refractivity contribution is 0.0926. The van der Waals surface area contributed by atoms with Crippen LogP contribution in [0.25, 0.3) is 0 Å². The van der Waals surface area contributed by atoms with Crippen LogP contribution < -0.4 is 15.5 Å². The van der Waals surface area contributed by atoms with E-state index in [2.05, 4.69) is 10.6 Å². The van der Waals surface area contributed by atoms with Crippen LogP contribution in [0.2, 0.25) is 0 Å². The zero-order chi connectivity index (χ0) is 19.2. The predicted molar refractivity (Wildman–Crippen MR) is 110 cm³/mol. The van der Waals surface area contributed by atoms with Crippen molar-refractivity contribution in [2.75, 3.05) is 24.3 Å². The number of nitrogens with zero attached hydrogens (tertiary/aromatic N) is 1. The third kappa shape index (κ3) is 5.09. The monoisotopic (exact) mass is 365 g/mol. The molecule has 0 atom stereocenters. The quantitative estimate of drug-likeness (QED) is 0.840. The van der Waals surface area contributed by atoms with Gasteiger partial charge >= 0.3 is 0 Å². The van der Waals surface area contributed by atoms with Crippen LogP contribution in [0.4, 0.5) is 11.4 Å². The maximum Gasteiger partial charge on any atom is 0.255 e. The molecule has 1 saturated carbocycles. The van der Waals surface area contributed by atoms with Gasteiger partial charge in [0.05, 0.1) is 0 Å². The first-order valence-corrected chi connectivity index (χ1v) is 9.52. The molecule has 2 aromatic rings. The summed E-state index contributed by atoms with van der Waals surface area (Å²) in [5, 5.41) is 5.98. The van der Waals surface area contributed by atoms with Crippen LogP contribution in [0.15, 0.2) is 48.5 Å². The van der Waals surface area contributed by atoms with E-state index in [-0.39, 0.29) is 17.9 Å². The number of hydrogen-bond acceptors (Lipinski definition) is 3. The largest absolute Gasteiger partial charge is 0.378 e. The van der Waals surface area contributed by atoms with E-state index in [1.165, 1.54) is 19.3 Å². The minimum Gasteiger partial charge on any atom is -0.378 e. The predicted octanol–water partition coefficient (Wildman–Crippen LogP) is 4.07. The first-order chi connectivity index (χ1) is 13.0. The molecule has 2 N–H and O–H groups in total. The fraction of sp³-hybridized carbons (Fsp3) is 0.364. The fourth-order valence-electron chi connectivity index (χ4n) is 3.33. The van der Waals surface area contributed by atoms with Gasteiger partial charge < -0.3 is 15.5 Å². The number of hydrogen-bond donors (Lipinski definition) is 2. The van der Waals surface area contributed by atoms with Crippen molar-refractivity contribution in [3.63, 3.8) is 0 Å². The Hall–Kier alpha value is -2.82. The molecule has 0 aliphatic heterocycles. The Labute approximate surface area is 160 Å². The summed E-state index contributed by atoms with van der Waals surface area (Å²) in [6.07, 6.45) is 5.73. The molecule has 0 aromatic heterocycles. The molecule has 0 saturated heterocycles. The maximum atomic E-state index is 12.4. The van der Waals surface area contributed by atoms with Gasteiger partial charge in [0.2, 0.25) is 0 Å². The van der Waals surface area contributed by atoms with Crippen LogP contribution in [0, 0.1) is 0 Å². The van der Waals surface area contributed by atoms with Crippen LogP contribution in [-0.2, 0) is 0 Å². The molecule has 142 valence electrons. The van der Waals surface area contributed by atoms with E-state index >= 15 is 0 Å². The Bertz CT molecular complexity index is 776. The van der Waals surface area contributed by atoms with Crippen molar-refractivity contribution in [2.24, 2.45) is 0 Å². The molecule has 1 aliphatic rings. The topological polar surface area (TPSA) is 61.4 Å². The third-order valence-corrected chi connectivity index (χ3v) is 4.99. The lowest BCUT2D eigenvalue weighted by Gasteiger charge is -2.22. The Morgan fingerprint density at radius 1 is 0.815 bits per heavy atom. The van der Waals surface area contributed by atoms with E-state index in [4.69, 9.17) is 0 Å². The molecule has 1 aliphatic carbocycles. The molecule has 0 heterocycles. The number of nitrogens with one attached hydrogen (secondary N) is 2. The highest BCUT2D eigenvalue weighted by Gasteiger charge is 2.17. The summed E-state index contributed by atoms with van der Waals surface area (Å²) in [5.74, 6) is -0.250. The highest BCUT2D eigenvalue weighted by atomic mass is 16.2. The van der Waals surface area contributed by atoms with Crippen molar-refractivity contribution in [1.82, 2.24) is 5.32 Å². The Balaban J connectivity index is 1.58. The Morgan fingerprint density at radius 2 is 1.37 bits per heavy atom. The second-order valence-electron chi connectivity index (χ2n) is 7.28. The van der Waals surface area contributed by atoms with Gasteiger partial charge in [-0.05, 0) is 61.4 Å². The molecule has 0 unspecified atom stereocenters. The lowest BCUT2D eigenvalue weighted by Crippen LogP contribution is -2.36. The Kier molecular flexibility index (Phi) is 6.12. The number of carbonyl (C=O) groups excluding carboxylic acids is 2. The summed E-state index contributed by atoms with van der Waals surface area (Å²) in [4.78, 5) is 26.8. The van der Waals surface area contributed by atoms with Gasteiger partial charge in [0.25, 0.3) is 11.8 Å². The molecule has 0 bridgehead atoms. The smallest absolute Gasteiger partial charge is 0.255 e. The van der Waals surface area contributed by atoms with Crippen LogP contribution in [0.3, 0.4) is 0 Å². The average Bonchev–Trinajstić information content (AvgIpc) is 2.69. The standard InChI is InChI=1S/C22H27N3O2/c1-25(2)20-14-12-19(13-15-20)24-22(27)17-10-8-16(9-11-17)21(26)23-18-6-4-3-5-7-18/h8-15,18H,3-7H2,1-2H3,(H,23,26)(H,24,27). The summed E-state index contributed by atoms with van der Waals surface area (Å²) in [6, 6.07) is 14.7. The second-order valence-corrected chi connectivity index (χ2v) is 7.28. The highest BCUT2D eigenvalue weighted by molar-refractivity contribution is 6.05. The van der Waals surface area contributed by atoms with Gasteiger partial charge in [0, 0.05) is 42.6 Å². The number of rotatable bonds is 5. The van der Waals surface area contributed by atoms with E-state index in [1.54, 1.807) is 24.3 Å². The summed E-state index contributed by atoms with van der Waals surface area (Å²) in [7, 11) is 3.94. The molecule has 2 amide bonds. The highest BCUT2D eigenvalue weighted by Crippen LogP contribution is 2.19. The van der Waals surface area contributed by atoms with Crippen LogP contribution in [-0.4, -0.2) is 32.0 Å². The van der Waals surface area contributed by atoms with Crippen molar-refractivity contribution in [3.8, 4) is 0 Å². The van der Waals surface area contributed by atoms with Gasteiger partial charge in [-0.2, -0.15) is 0 Å². The molecule has 5 heteroatoms. The lowest BCUT2D eigenvalue weighted by atomic mass is 9.95. The molecule has 0 radical (unpaired) electrons. The van der Waals surface area contributed by atoms with Gasteiger partial charge in [0.1, 0.15) is 0 Å². The molecular weight excluding hydrogens is 338 g/mol. The van der Waals surface area contributed by atoms with E-state index in [1.807, 2.05) is 43.3 Å². The van der Waals surface area contributed by atoms with Crippen LogP contribution in [0.1, 0.15) is 52.8 Å². The zero-order valence-electron chi connectivity index (χ0n) is 16.0. The number of amides is 2. The van der Waals surface area contributed by atoms with E-state index in [9.17, 15) is 9.59 Å². The van der Waals surface area contributed by atoms with Gasteiger partial charge in [0.15, 0.2) is 0 Å². The summed E-state index contributed by atoms with van der Waals surface area (Å²) in [6.45, 7) is 0. The van der Waals surface area contributed by atoms with Gasteiger partial charge in [-0.25, -0.2) is 0 Å². The number of carbonyl (C=O) groups is 2. The normalized spacial score (nSPS) is 14.4. The second kappa shape index (κ2) is 8.71. The molecule has 2 aromatic carbocycles. The van der Waals surface area contributed by atoms with Crippen molar-refractivity contribution >= 4 is 23.2 Å². The van der Waals surface area contributed by atoms with Gasteiger partial charge in [-0.1, -0.05) is 19.3 Å². The van der Waals surface area contributed by atoms with Crippen molar-refractivity contribution in [2.45, 2.75) is 38.1 Å². The van der Waals surface area contributed by atoms with Gasteiger partial charge in [-0.15, -0.1) is 0 Å². The summed E-state index contributed by atoms with van der Waals surface area (Å²) >= 11 is 0. The van der Waals surface area contributed by atoms with Crippen molar-refractivity contribution < 1.29 is 9.59 Å². The zero-order valence-corrected chi connectivity index (χ0v) is 16.0. The average molecular weight is 365 g/mol. The Morgan fingerprint density at radius 3 is 1.93 bits per heavy atom. The summed E-state index contributed by atoms with van der Waals surface area (Å²) in [5.41, 5.74) is 2.93. The molecular formula is C22H27N3O2. The first-order valence-electron chi connectivity index (χ1n) is 9.52. The van der Waals surface area contributed by atoms with E-state index in [0.29, 0.717) is 11.1 Å². The first kappa shape index (κ1) is 19.0. The van der Waals surface area contributed by atoms with Gasteiger partial charge in [-0.3, -0.25) is 9.59 Å². The third-order valence-electron chi connectivity index (χ3n) is 4.99. The number of benzene rings is 2. The van der Waals surface area contributed by atoms with Crippen LogP contribution in [0.5, 0.6) is 0 Å². The van der Waals surface area contributed by atoms with Crippen LogP contribution >= 0.6 is 0 Å². The SMILES string of the molecule is CN(C)c1ccc(NC(=O)c2ccc(C(=O)NC3CCCCC3)cc2)cc1. The molecule has 1 fully saturated rings. The van der Waals surface area contributed by atoms with Crippen molar-refractivity contribution in [3.05, 3.63) is 59.7 Å².